The second kappa shape index (κ2) is 4.91. The van der Waals surface area contributed by atoms with Gasteiger partial charge in [-0.1, -0.05) is 22.0 Å². The lowest BCUT2D eigenvalue weighted by molar-refractivity contribution is -0.114. The second-order valence-corrected chi connectivity index (χ2v) is 6.69. The second-order valence-electron chi connectivity index (χ2n) is 5.77. The van der Waals surface area contributed by atoms with E-state index in [2.05, 4.69) is 20.8 Å². The van der Waals surface area contributed by atoms with Gasteiger partial charge in [0.15, 0.2) is 0 Å². The van der Waals surface area contributed by atoms with Crippen LogP contribution in [0.15, 0.2) is 22.7 Å². The summed E-state index contributed by atoms with van der Waals surface area (Å²) in [5.74, 6) is 0. The number of piperidine rings is 1. The van der Waals surface area contributed by atoms with Gasteiger partial charge in [0.05, 0.1) is 5.41 Å². The number of benzene rings is 1. The maximum Gasteiger partial charge on any atom is 0.130 e. The molecule has 0 radical (unpaired) electrons. The van der Waals surface area contributed by atoms with Gasteiger partial charge in [0, 0.05) is 16.2 Å². The molecule has 1 saturated carbocycles. The molecule has 0 bridgehead atoms. The number of halogens is 1. The summed E-state index contributed by atoms with van der Waals surface area (Å²) >= 11 is 3.42. The average Bonchev–Trinajstić information content (AvgIpc) is 3.23. The molecule has 4 heteroatoms. The van der Waals surface area contributed by atoms with Crippen LogP contribution in [0.4, 0.5) is 5.69 Å². The Labute approximate surface area is 122 Å². The van der Waals surface area contributed by atoms with Crippen molar-refractivity contribution in [2.24, 2.45) is 0 Å². The predicted octanol–water partition coefficient (Wildman–Crippen LogP) is 2.73. The van der Waals surface area contributed by atoms with Crippen LogP contribution in [-0.2, 0) is 10.2 Å². The zero-order chi connectivity index (χ0) is 13.5. The highest BCUT2D eigenvalue weighted by molar-refractivity contribution is 9.10. The standard InChI is InChI=1S/C15H19BrN2O/c16-11-1-4-13(14(17)9-11)15(10-19)5-7-18(8-6-15)12-2-3-12/h1,4,9-10,12H,2-3,5-8,17H2. The van der Waals surface area contributed by atoms with Gasteiger partial charge in [-0.3, -0.25) is 0 Å². The molecule has 2 aliphatic rings. The van der Waals surface area contributed by atoms with Gasteiger partial charge in [-0.25, -0.2) is 0 Å². The Bertz CT molecular complexity index is 491. The first-order valence-electron chi connectivity index (χ1n) is 6.90. The van der Waals surface area contributed by atoms with Gasteiger partial charge in [0.1, 0.15) is 6.29 Å². The van der Waals surface area contributed by atoms with Crippen molar-refractivity contribution in [3.05, 3.63) is 28.2 Å². The van der Waals surface area contributed by atoms with Crippen LogP contribution >= 0.6 is 15.9 Å². The van der Waals surface area contributed by atoms with Crippen LogP contribution in [0.2, 0.25) is 0 Å². The molecule has 102 valence electrons. The minimum absolute atomic E-state index is 0.379. The molecule has 1 aromatic carbocycles. The highest BCUT2D eigenvalue weighted by atomic mass is 79.9. The Balaban J connectivity index is 1.85. The Hall–Kier alpha value is -0.870. The zero-order valence-corrected chi connectivity index (χ0v) is 12.5. The fourth-order valence-electron chi connectivity index (χ4n) is 3.17. The maximum absolute atomic E-state index is 11.7. The predicted molar refractivity (Wildman–Crippen MR) is 80.1 cm³/mol. The summed E-state index contributed by atoms with van der Waals surface area (Å²) in [6.45, 7) is 2.03. The molecule has 0 spiro atoms. The molecule has 2 fully saturated rings. The van der Waals surface area contributed by atoms with Crippen molar-refractivity contribution < 1.29 is 4.79 Å². The van der Waals surface area contributed by atoms with Crippen LogP contribution in [0.1, 0.15) is 31.2 Å². The smallest absolute Gasteiger partial charge is 0.130 e. The number of anilines is 1. The lowest BCUT2D eigenvalue weighted by Gasteiger charge is -2.39. The maximum atomic E-state index is 11.7. The highest BCUT2D eigenvalue weighted by Gasteiger charge is 2.40. The molecule has 2 N–H and O–H groups in total. The first kappa shape index (κ1) is 13.1. The first-order valence-corrected chi connectivity index (χ1v) is 7.70. The summed E-state index contributed by atoms with van der Waals surface area (Å²) in [7, 11) is 0. The molecule has 3 nitrogen and oxygen atoms in total. The van der Waals surface area contributed by atoms with E-state index in [1.54, 1.807) is 0 Å². The van der Waals surface area contributed by atoms with E-state index in [1.807, 2.05) is 18.2 Å². The van der Waals surface area contributed by atoms with Crippen molar-refractivity contribution in [2.75, 3.05) is 18.8 Å². The zero-order valence-electron chi connectivity index (χ0n) is 10.9. The van der Waals surface area contributed by atoms with E-state index in [1.165, 1.54) is 12.8 Å². The van der Waals surface area contributed by atoms with Gasteiger partial charge in [0.25, 0.3) is 0 Å². The van der Waals surface area contributed by atoms with E-state index in [4.69, 9.17) is 5.73 Å². The fraction of sp³-hybridized carbons (Fsp3) is 0.533. The van der Waals surface area contributed by atoms with Gasteiger partial charge in [-0.05, 0) is 56.5 Å². The SMILES string of the molecule is Nc1cc(Br)ccc1C1(C=O)CCN(C2CC2)CC1. The van der Waals surface area contributed by atoms with Crippen molar-refractivity contribution in [2.45, 2.75) is 37.1 Å². The molecule has 0 unspecified atom stereocenters. The van der Waals surface area contributed by atoms with Crippen LogP contribution in [0.5, 0.6) is 0 Å². The van der Waals surface area contributed by atoms with Crippen LogP contribution in [0.25, 0.3) is 0 Å². The van der Waals surface area contributed by atoms with Crippen LogP contribution in [0.3, 0.4) is 0 Å². The normalized spacial score (nSPS) is 23.2. The number of hydrogen-bond acceptors (Lipinski definition) is 3. The van der Waals surface area contributed by atoms with Crippen molar-refractivity contribution in [1.29, 1.82) is 0 Å². The molecule has 0 aromatic heterocycles. The van der Waals surface area contributed by atoms with Crippen molar-refractivity contribution in [3.8, 4) is 0 Å². The van der Waals surface area contributed by atoms with Gasteiger partial charge in [-0.2, -0.15) is 0 Å². The summed E-state index contributed by atoms with van der Waals surface area (Å²) in [6.07, 6.45) is 5.55. The number of nitrogens with two attached hydrogens (primary N) is 1. The third-order valence-electron chi connectivity index (χ3n) is 4.53. The monoisotopic (exact) mass is 322 g/mol. The highest BCUT2D eigenvalue weighted by Crippen LogP contribution is 2.40. The Morgan fingerprint density at radius 1 is 1.32 bits per heavy atom. The first-order chi connectivity index (χ1) is 9.14. The number of carbonyl (C=O) groups is 1. The number of nitrogens with zero attached hydrogens (tertiary/aromatic N) is 1. The third-order valence-corrected chi connectivity index (χ3v) is 5.02. The number of rotatable bonds is 3. The van der Waals surface area contributed by atoms with E-state index < -0.39 is 0 Å². The topological polar surface area (TPSA) is 46.3 Å². The quantitative estimate of drug-likeness (QED) is 0.687. The molecule has 1 saturated heterocycles. The Morgan fingerprint density at radius 2 is 2.00 bits per heavy atom. The van der Waals surface area contributed by atoms with Crippen LogP contribution < -0.4 is 5.73 Å². The van der Waals surface area contributed by atoms with Gasteiger partial charge < -0.3 is 15.4 Å². The summed E-state index contributed by atoms with van der Waals surface area (Å²) < 4.78 is 0.963. The lowest BCUT2D eigenvalue weighted by Crippen LogP contribution is -2.44. The number of nitrogen functional groups attached to an aromatic ring is 1. The summed E-state index contributed by atoms with van der Waals surface area (Å²) in [5.41, 5.74) is 7.46. The lowest BCUT2D eigenvalue weighted by atomic mass is 9.73. The molecular weight excluding hydrogens is 304 g/mol. The van der Waals surface area contributed by atoms with E-state index >= 15 is 0 Å². The van der Waals surface area contributed by atoms with Crippen molar-refractivity contribution >= 4 is 27.9 Å². The van der Waals surface area contributed by atoms with E-state index in [-0.39, 0.29) is 5.41 Å². The Kier molecular flexibility index (Phi) is 3.39. The van der Waals surface area contributed by atoms with Gasteiger partial charge in [-0.15, -0.1) is 0 Å². The molecular formula is C15H19BrN2O. The molecule has 0 amide bonds. The molecule has 1 heterocycles. The van der Waals surface area contributed by atoms with E-state index in [9.17, 15) is 4.79 Å². The van der Waals surface area contributed by atoms with Gasteiger partial charge >= 0.3 is 0 Å². The van der Waals surface area contributed by atoms with Crippen LogP contribution in [-0.4, -0.2) is 30.3 Å². The average molecular weight is 323 g/mol. The van der Waals surface area contributed by atoms with Crippen molar-refractivity contribution in [3.63, 3.8) is 0 Å². The molecule has 19 heavy (non-hydrogen) atoms. The largest absolute Gasteiger partial charge is 0.398 e. The number of carbonyl (C=O) groups excluding carboxylic acids is 1. The summed E-state index contributed by atoms with van der Waals surface area (Å²) in [6, 6.07) is 6.66. The molecule has 1 aromatic rings. The van der Waals surface area contributed by atoms with E-state index in [0.717, 1.165) is 54.0 Å². The summed E-state index contributed by atoms with van der Waals surface area (Å²) in [5, 5.41) is 0. The summed E-state index contributed by atoms with van der Waals surface area (Å²) in [4.78, 5) is 14.3. The van der Waals surface area contributed by atoms with Crippen molar-refractivity contribution in [1.82, 2.24) is 4.90 Å². The van der Waals surface area contributed by atoms with E-state index in [0.29, 0.717) is 0 Å². The fourth-order valence-corrected chi connectivity index (χ4v) is 3.54. The number of hydrogen-bond donors (Lipinski definition) is 1. The minimum Gasteiger partial charge on any atom is -0.398 e. The third kappa shape index (κ3) is 2.43. The molecule has 1 aliphatic carbocycles. The molecule has 1 aliphatic heterocycles. The minimum atomic E-state index is -0.379. The molecule has 0 atom stereocenters. The Morgan fingerprint density at radius 3 is 2.53 bits per heavy atom. The van der Waals surface area contributed by atoms with Gasteiger partial charge in [0.2, 0.25) is 0 Å². The van der Waals surface area contributed by atoms with Crippen LogP contribution in [0, 0.1) is 0 Å². The number of aldehydes is 1. The number of likely N-dealkylation sites (tertiary alicyclic amines) is 1. The molecule has 3 rings (SSSR count).